The topological polar surface area (TPSA) is 47.1 Å². The molecule has 0 aliphatic carbocycles. The summed E-state index contributed by atoms with van der Waals surface area (Å²) in [7, 11) is 0. The molecule has 6 rings (SSSR count). The van der Waals surface area contributed by atoms with Crippen molar-refractivity contribution >= 4 is 28.3 Å². The quantitative estimate of drug-likeness (QED) is 0.200. The fourth-order valence-electron chi connectivity index (χ4n) is 3.78. The SMILES string of the molecule is [Pt+2].[c-]1c(-c2nc3ccccc3o2)cccc1N(c1ccccc1)c1cccc(-n2[c-]ccc2)n1. The third-order valence-electron chi connectivity index (χ3n) is 5.30. The van der Waals surface area contributed by atoms with Gasteiger partial charge in [0.1, 0.15) is 17.3 Å². The number of aromatic nitrogens is 3. The number of pyridine rings is 1. The van der Waals surface area contributed by atoms with Gasteiger partial charge in [-0.1, -0.05) is 54.2 Å². The zero-order chi connectivity index (χ0) is 22.0. The predicted octanol–water partition coefficient (Wildman–Crippen LogP) is 6.75. The second-order valence-electron chi connectivity index (χ2n) is 7.47. The summed E-state index contributed by atoms with van der Waals surface area (Å²) >= 11 is 0. The van der Waals surface area contributed by atoms with E-state index in [2.05, 4.69) is 34.3 Å². The zero-order valence-electron chi connectivity index (χ0n) is 17.9. The minimum atomic E-state index is 0. The van der Waals surface area contributed by atoms with Gasteiger partial charge in [0.05, 0.1) is 11.3 Å². The second kappa shape index (κ2) is 9.50. The van der Waals surface area contributed by atoms with Crippen molar-refractivity contribution in [1.29, 1.82) is 0 Å². The molecule has 0 saturated heterocycles. The van der Waals surface area contributed by atoms with E-state index in [-0.39, 0.29) is 21.1 Å². The number of hydrogen-bond donors (Lipinski definition) is 0. The molecule has 0 fully saturated rings. The zero-order valence-corrected chi connectivity index (χ0v) is 20.2. The van der Waals surface area contributed by atoms with Crippen LogP contribution in [-0.2, 0) is 21.1 Å². The first kappa shape index (κ1) is 21.9. The summed E-state index contributed by atoms with van der Waals surface area (Å²) in [6, 6.07) is 37.0. The molecular formula is C28H18N4OPt. The smallest absolute Gasteiger partial charge is 0.481 e. The van der Waals surface area contributed by atoms with E-state index in [0.29, 0.717) is 5.89 Å². The standard InChI is InChI=1S/C28H18N4O.Pt/c1-2-11-22(12-3-1)32(27-17-9-16-26(30-27)31-18-6-7-19-31)23-13-8-10-21(20-23)28-29-24-14-4-5-15-25(24)33-28;/h1-18H;/q-2;+2. The Kier molecular flexibility index (Phi) is 6.11. The molecule has 5 nitrogen and oxygen atoms in total. The molecule has 3 heterocycles. The summed E-state index contributed by atoms with van der Waals surface area (Å²) in [6.45, 7) is 0. The molecule has 166 valence electrons. The number of fused-ring (bicyclic) bond motifs is 1. The van der Waals surface area contributed by atoms with E-state index in [1.807, 2.05) is 102 Å². The third kappa shape index (κ3) is 4.18. The summed E-state index contributed by atoms with van der Waals surface area (Å²) in [5, 5.41) is 0. The largest absolute Gasteiger partial charge is 2.00 e. The van der Waals surface area contributed by atoms with Gasteiger partial charge in [0, 0.05) is 5.69 Å². The van der Waals surface area contributed by atoms with E-state index >= 15 is 0 Å². The Bertz CT molecular complexity index is 1490. The Hall–Kier alpha value is -3.95. The number of oxazole rings is 1. The van der Waals surface area contributed by atoms with Crippen molar-refractivity contribution in [2.24, 2.45) is 0 Å². The van der Waals surface area contributed by atoms with Crippen molar-refractivity contribution in [3.63, 3.8) is 0 Å². The monoisotopic (exact) mass is 621 g/mol. The Morgan fingerprint density at radius 2 is 1.59 bits per heavy atom. The fraction of sp³-hybridized carbons (Fsp3) is 0. The van der Waals surface area contributed by atoms with Crippen molar-refractivity contribution in [3.8, 4) is 17.3 Å². The second-order valence-corrected chi connectivity index (χ2v) is 7.47. The average Bonchev–Trinajstić information content (AvgIpc) is 3.56. The van der Waals surface area contributed by atoms with Crippen LogP contribution in [0.15, 0.2) is 114 Å². The molecule has 0 spiro atoms. The molecule has 3 aromatic carbocycles. The maximum absolute atomic E-state index is 5.98. The molecule has 0 bridgehead atoms. The van der Waals surface area contributed by atoms with Crippen LogP contribution in [0.3, 0.4) is 0 Å². The van der Waals surface area contributed by atoms with E-state index in [0.717, 1.165) is 39.7 Å². The minimum Gasteiger partial charge on any atom is -0.481 e. The van der Waals surface area contributed by atoms with Crippen LogP contribution in [0.1, 0.15) is 0 Å². The van der Waals surface area contributed by atoms with E-state index in [1.54, 1.807) is 0 Å². The van der Waals surface area contributed by atoms with Crippen LogP contribution in [0.2, 0.25) is 0 Å². The van der Waals surface area contributed by atoms with Gasteiger partial charge in [0.25, 0.3) is 0 Å². The number of rotatable bonds is 5. The summed E-state index contributed by atoms with van der Waals surface area (Å²) in [6.07, 6.45) is 5.08. The van der Waals surface area contributed by atoms with E-state index < -0.39 is 0 Å². The number of hydrogen-bond acceptors (Lipinski definition) is 4. The first-order valence-electron chi connectivity index (χ1n) is 10.6. The average molecular weight is 622 g/mol. The molecule has 6 aromatic rings. The Morgan fingerprint density at radius 3 is 2.41 bits per heavy atom. The molecule has 0 aliphatic rings. The normalized spacial score (nSPS) is 10.7. The van der Waals surface area contributed by atoms with Crippen molar-refractivity contribution in [2.75, 3.05) is 4.90 Å². The number of benzene rings is 3. The minimum absolute atomic E-state index is 0. The molecule has 6 heteroatoms. The third-order valence-corrected chi connectivity index (χ3v) is 5.30. The van der Waals surface area contributed by atoms with Gasteiger partial charge < -0.3 is 13.9 Å². The molecule has 0 atom stereocenters. The predicted molar refractivity (Wildman–Crippen MR) is 129 cm³/mol. The first-order valence-corrected chi connectivity index (χ1v) is 10.6. The van der Waals surface area contributed by atoms with Crippen LogP contribution in [0.5, 0.6) is 0 Å². The van der Waals surface area contributed by atoms with Gasteiger partial charge in [0.2, 0.25) is 0 Å². The molecule has 34 heavy (non-hydrogen) atoms. The van der Waals surface area contributed by atoms with Gasteiger partial charge in [-0.2, -0.15) is 6.07 Å². The molecule has 0 radical (unpaired) electrons. The van der Waals surface area contributed by atoms with Crippen molar-refractivity contribution in [2.45, 2.75) is 0 Å². The molecule has 0 amide bonds. The van der Waals surface area contributed by atoms with E-state index in [4.69, 9.17) is 9.40 Å². The van der Waals surface area contributed by atoms with Crippen molar-refractivity contribution < 1.29 is 25.5 Å². The van der Waals surface area contributed by atoms with Gasteiger partial charge in [0.15, 0.2) is 0 Å². The van der Waals surface area contributed by atoms with E-state index in [1.165, 1.54) is 0 Å². The Balaban J connectivity index is 0.00000241. The number of para-hydroxylation sites is 3. The summed E-state index contributed by atoms with van der Waals surface area (Å²) in [4.78, 5) is 11.6. The van der Waals surface area contributed by atoms with Crippen LogP contribution in [0, 0.1) is 12.3 Å². The molecule has 0 saturated carbocycles. The maximum atomic E-state index is 5.98. The molecule has 0 unspecified atom stereocenters. The molecule has 0 aliphatic heterocycles. The van der Waals surface area contributed by atoms with Gasteiger partial charge >= 0.3 is 21.1 Å². The van der Waals surface area contributed by atoms with Crippen LogP contribution in [0.4, 0.5) is 17.2 Å². The number of nitrogens with zero attached hydrogens (tertiary/aromatic N) is 4. The Morgan fingerprint density at radius 1 is 0.765 bits per heavy atom. The van der Waals surface area contributed by atoms with Crippen LogP contribution in [-0.4, -0.2) is 14.5 Å². The number of anilines is 3. The first-order chi connectivity index (χ1) is 16.3. The van der Waals surface area contributed by atoms with Gasteiger partial charge in [-0.3, -0.25) is 9.97 Å². The molecule has 0 N–H and O–H groups in total. The Labute approximate surface area is 211 Å². The summed E-state index contributed by atoms with van der Waals surface area (Å²) in [5.41, 5.74) is 4.17. The van der Waals surface area contributed by atoms with E-state index in [9.17, 15) is 0 Å². The van der Waals surface area contributed by atoms with Gasteiger partial charge in [-0.15, -0.1) is 36.5 Å². The maximum Gasteiger partial charge on any atom is 2.00 e. The van der Waals surface area contributed by atoms with Gasteiger partial charge in [-0.25, -0.2) is 0 Å². The summed E-state index contributed by atoms with van der Waals surface area (Å²) in [5.74, 6) is 2.09. The van der Waals surface area contributed by atoms with Crippen molar-refractivity contribution in [3.05, 3.63) is 122 Å². The van der Waals surface area contributed by atoms with Crippen LogP contribution < -0.4 is 4.90 Å². The fourth-order valence-corrected chi connectivity index (χ4v) is 3.78. The van der Waals surface area contributed by atoms with Gasteiger partial charge in [-0.05, 0) is 36.0 Å². The molecule has 3 aromatic heterocycles. The van der Waals surface area contributed by atoms with Crippen LogP contribution in [0.25, 0.3) is 28.4 Å². The molecular weight excluding hydrogens is 603 g/mol. The van der Waals surface area contributed by atoms with Crippen molar-refractivity contribution in [1.82, 2.24) is 14.5 Å². The summed E-state index contributed by atoms with van der Waals surface area (Å²) < 4.78 is 7.85. The van der Waals surface area contributed by atoms with Crippen LogP contribution >= 0.6 is 0 Å².